The molecule has 0 saturated carbocycles. The van der Waals surface area contributed by atoms with Crippen LogP contribution in [0.4, 0.5) is 5.95 Å². The maximum atomic E-state index is 10.7. The second kappa shape index (κ2) is 5.76. The molecule has 2 N–H and O–H groups in total. The number of carboxylic acids is 1. The third-order valence-electron chi connectivity index (χ3n) is 2.33. The Hall–Kier alpha value is -2.70. The smallest absolute Gasteiger partial charge is 0.354 e. The monoisotopic (exact) mass is 260 g/mol. The van der Waals surface area contributed by atoms with Gasteiger partial charge in [0.05, 0.1) is 7.11 Å². The van der Waals surface area contributed by atoms with Gasteiger partial charge in [-0.1, -0.05) is 6.07 Å². The minimum atomic E-state index is -1.05. The minimum absolute atomic E-state index is 0.0152. The Bertz CT molecular complexity index is 571. The number of carboxylic acid groups (broad SMARTS) is 1. The number of pyridine rings is 1. The minimum Gasteiger partial charge on any atom is -0.481 e. The second-order valence-electron chi connectivity index (χ2n) is 3.63. The lowest BCUT2D eigenvalue weighted by atomic mass is 10.2. The molecule has 0 aliphatic rings. The van der Waals surface area contributed by atoms with E-state index >= 15 is 0 Å². The Morgan fingerprint density at radius 3 is 2.84 bits per heavy atom. The zero-order valence-corrected chi connectivity index (χ0v) is 10.2. The first kappa shape index (κ1) is 12.7. The molecule has 0 aromatic carbocycles. The lowest BCUT2D eigenvalue weighted by Gasteiger charge is -2.05. The SMILES string of the molecule is COc1ccnc(NCc2ccc(C(=O)O)nc2)n1. The number of rotatable bonds is 5. The van der Waals surface area contributed by atoms with Gasteiger partial charge in [0.2, 0.25) is 11.8 Å². The van der Waals surface area contributed by atoms with Gasteiger partial charge in [0.1, 0.15) is 5.69 Å². The molecule has 98 valence electrons. The molecule has 2 heterocycles. The van der Waals surface area contributed by atoms with E-state index in [0.29, 0.717) is 18.4 Å². The molecular formula is C12H12N4O3. The van der Waals surface area contributed by atoms with Crippen LogP contribution in [0.2, 0.25) is 0 Å². The molecule has 0 radical (unpaired) electrons. The zero-order valence-electron chi connectivity index (χ0n) is 10.2. The molecular weight excluding hydrogens is 248 g/mol. The summed E-state index contributed by atoms with van der Waals surface area (Å²) in [5.41, 5.74) is 0.845. The van der Waals surface area contributed by atoms with Crippen molar-refractivity contribution in [3.8, 4) is 5.88 Å². The van der Waals surface area contributed by atoms with Crippen LogP contribution in [0, 0.1) is 0 Å². The van der Waals surface area contributed by atoms with Crippen LogP contribution in [0.1, 0.15) is 16.1 Å². The van der Waals surface area contributed by atoms with Gasteiger partial charge in [0, 0.05) is 25.0 Å². The van der Waals surface area contributed by atoms with Crippen molar-refractivity contribution >= 4 is 11.9 Å². The van der Waals surface area contributed by atoms with Crippen LogP contribution < -0.4 is 10.1 Å². The molecule has 0 unspecified atom stereocenters. The van der Waals surface area contributed by atoms with Crippen molar-refractivity contribution in [3.05, 3.63) is 41.9 Å². The number of aromatic carboxylic acids is 1. The van der Waals surface area contributed by atoms with E-state index in [1.54, 1.807) is 18.3 Å². The molecule has 0 bridgehead atoms. The molecule has 0 amide bonds. The van der Waals surface area contributed by atoms with Gasteiger partial charge in [-0.3, -0.25) is 0 Å². The van der Waals surface area contributed by atoms with Gasteiger partial charge in [-0.15, -0.1) is 0 Å². The normalized spacial score (nSPS) is 9.95. The van der Waals surface area contributed by atoms with Crippen molar-refractivity contribution < 1.29 is 14.6 Å². The fraction of sp³-hybridized carbons (Fsp3) is 0.167. The van der Waals surface area contributed by atoms with Crippen molar-refractivity contribution in [1.82, 2.24) is 15.0 Å². The Labute approximate surface area is 109 Å². The lowest BCUT2D eigenvalue weighted by Crippen LogP contribution is -2.06. The summed E-state index contributed by atoms with van der Waals surface area (Å²) in [4.78, 5) is 22.6. The van der Waals surface area contributed by atoms with Gasteiger partial charge in [-0.2, -0.15) is 4.98 Å². The summed E-state index contributed by atoms with van der Waals surface area (Å²) < 4.78 is 4.98. The van der Waals surface area contributed by atoms with Gasteiger partial charge in [-0.25, -0.2) is 14.8 Å². The van der Waals surface area contributed by atoms with E-state index in [1.807, 2.05) is 0 Å². The van der Waals surface area contributed by atoms with E-state index in [-0.39, 0.29) is 5.69 Å². The second-order valence-corrected chi connectivity index (χ2v) is 3.63. The number of nitrogens with zero attached hydrogens (tertiary/aromatic N) is 3. The van der Waals surface area contributed by atoms with Gasteiger partial charge < -0.3 is 15.2 Å². The van der Waals surface area contributed by atoms with Crippen LogP contribution in [0.25, 0.3) is 0 Å². The van der Waals surface area contributed by atoms with E-state index in [0.717, 1.165) is 5.56 Å². The van der Waals surface area contributed by atoms with E-state index in [1.165, 1.54) is 19.4 Å². The zero-order chi connectivity index (χ0) is 13.7. The van der Waals surface area contributed by atoms with E-state index in [4.69, 9.17) is 9.84 Å². The van der Waals surface area contributed by atoms with Crippen molar-refractivity contribution in [2.75, 3.05) is 12.4 Å². The summed E-state index contributed by atoms with van der Waals surface area (Å²) in [6.45, 7) is 0.445. The van der Waals surface area contributed by atoms with Crippen LogP contribution >= 0.6 is 0 Å². The number of nitrogens with one attached hydrogen (secondary N) is 1. The van der Waals surface area contributed by atoms with Gasteiger partial charge in [0.15, 0.2) is 0 Å². The predicted molar refractivity (Wildman–Crippen MR) is 67.1 cm³/mol. The molecule has 0 spiro atoms. The number of hydrogen-bond acceptors (Lipinski definition) is 6. The maximum Gasteiger partial charge on any atom is 0.354 e. The molecule has 7 heteroatoms. The van der Waals surface area contributed by atoms with Crippen molar-refractivity contribution in [2.24, 2.45) is 0 Å². The molecule has 7 nitrogen and oxygen atoms in total. The molecule has 2 aromatic rings. The van der Waals surface area contributed by atoms with E-state index < -0.39 is 5.97 Å². The first-order valence-electron chi connectivity index (χ1n) is 5.48. The van der Waals surface area contributed by atoms with Gasteiger partial charge in [0.25, 0.3) is 0 Å². The third kappa shape index (κ3) is 3.38. The van der Waals surface area contributed by atoms with Crippen molar-refractivity contribution in [3.63, 3.8) is 0 Å². The molecule has 0 fully saturated rings. The molecule has 0 atom stereocenters. The number of hydrogen-bond donors (Lipinski definition) is 2. The van der Waals surface area contributed by atoms with Crippen LogP contribution in [-0.4, -0.2) is 33.1 Å². The number of aromatic nitrogens is 3. The van der Waals surface area contributed by atoms with Crippen LogP contribution in [0.5, 0.6) is 5.88 Å². The third-order valence-corrected chi connectivity index (χ3v) is 2.33. The average molecular weight is 260 g/mol. The van der Waals surface area contributed by atoms with E-state index in [9.17, 15) is 4.79 Å². The first-order valence-corrected chi connectivity index (χ1v) is 5.48. The van der Waals surface area contributed by atoms with Crippen LogP contribution in [0.15, 0.2) is 30.6 Å². The number of carbonyl (C=O) groups is 1. The van der Waals surface area contributed by atoms with Gasteiger partial charge >= 0.3 is 5.97 Å². The highest BCUT2D eigenvalue weighted by molar-refractivity contribution is 5.85. The number of ether oxygens (including phenoxy) is 1. The highest BCUT2D eigenvalue weighted by Gasteiger charge is 2.04. The highest BCUT2D eigenvalue weighted by Crippen LogP contribution is 2.09. The summed E-state index contributed by atoms with van der Waals surface area (Å²) in [7, 11) is 1.53. The summed E-state index contributed by atoms with van der Waals surface area (Å²) >= 11 is 0. The standard InChI is InChI=1S/C12H12N4O3/c1-19-10-4-5-13-12(16-10)15-7-8-2-3-9(11(17)18)14-6-8/h2-6H,7H2,1H3,(H,17,18)(H,13,15,16). The molecule has 0 aliphatic heterocycles. The maximum absolute atomic E-state index is 10.7. The van der Waals surface area contributed by atoms with Crippen LogP contribution in [-0.2, 0) is 6.54 Å². The fourth-order valence-electron chi connectivity index (χ4n) is 1.38. The molecule has 2 rings (SSSR count). The molecule has 19 heavy (non-hydrogen) atoms. The summed E-state index contributed by atoms with van der Waals surface area (Å²) in [5.74, 6) is -0.144. The van der Waals surface area contributed by atoms with Crippen molar-refractivity contribution in [1.29, 1.82) is 0 Å². The van der Waals surface area contributed by atoms with Gasteiger partial charge in [-0.05, 0) is 11.6 Å². The summed E-state index contributed by atoms with van der Waals surface area (Å²) in [6.07, 6.45) is 3.08. The summed E-state index contributed by atoms with van der Waals surface area (Å²) in [5, 5.41) is 11.7. The first-order chi connectivity index (χ1) is 9.19. The number of anilines is 1. The molecule has 2 aromatic heterocycles. The fourth-order valence-corrected chi connectivity index (χ4v) is 1.38. The molecule has 0 aliphatic carbocycles. The van der Waals surface area contributed by atoms with E-state index in [2.05, 4.69) is 20.3 Å². The average Bonchev–Trinajstić information content (AvgIpc) is 2.46. The largest absolute Gasteiger partial charge is 0.481 e. The lowest BCUT2D eigenvalue weighted by molar-refractivity contribution is 0.0690. The Kier molecular flexibility index (Phi) is 3.87. The summed E-state index contributed by atoms with van der Waals surface area (Å²) in [6, 6.07) is 4.78. The van der Waals surface area contributed by atoms with Crippen LogP contribution in [0.3, 0.4) is 0 Å². The topological polar surface area (TPSA) is 97.2 Å². The quantitative estimate of drug-likeness (QED) is 0.833. The Morgan fingerprint density at radius 1 is 1.37 bits per heavy atom. The number of methoxy groups -OCH3 is 1. The van der Waals surface area contributed by atoms with Crippen molar-refractivity contribution in [2.45, 2.75) is 6.54 Å². The highest BCUT2D eigenvalue weighted by atomic mass is 16.5. The Morgan fingerprint density at radius 2 is 2.21 bits per heavy atom. The predicted octanol–water partition coefficient (Wildman–Crippen LogP) is 1.19. The Balaban J connectivity index is 1.99. The molecule has 0 saturated heterocycles.